The Morgan fingerprint density at radius 2 is 0.929 bits per heavy atom. The Labute approximate surface area is 327 Å². The van der Waals surface area contributed by atoms with Crippen LogP contribution in [0.1, 0.15) is 42.2 Å². The van der Waals surface area contributed by atoms with Crippen molar-refractivity contribution < 1.29 is 33.5 Å². The summed E-state index contributed by atoms with van der Waals surface area (Å²) in [5, 5.41) is 0.615. The second kappa shape index (κ2) is 16.1. The van der Waals surface area contributed by atoms with Gasteiger partial charge >= 0.3 is 5.91 Å². The van der Waals surface area contributed by atoms with Crippen LogP contribution < -0.4 is 19.4 Å². The standard InChI is InChI=1S/C16H13NO3.C15H10ClNO2.C14H9NO2/c1-20-12-8-6-11(7-9-12)10-17-14-5-3-2-4-13(14)15(18)16(17)19;16-11-5-3-4-10(8-11)9-17-13-7-2-1-6-12(13)14(18)15(17)19;16-13-11-8-4-5-9-12(11)15(14(13)17)10-6-2-1-3-7-10/h2-9H,10H2,1H3;1-8H,9H2;1-9H. The van der Waals surface area contributed by atoms with E-state index in [1.807, 2.05) is 84.9 Å². The van der Waals surface area contributed by atoms with Gasteiger partial charge in [0, 0.05) is 10.7 Å². The summed E-state index contributed by atoms with van der Waals surface area (Å²) < 4.78 is 5.10. The van der Waals surface area contributed by atoms with Crippen LogP contribution in [-0.4, -0.2) is 42.2 Å². The Hall–Kier alpha value is -7.17. The van der Waals surface area contributed by atoms with Gasteiger partial charge in [0.05, 0.1) is 54.0 Å². The average Bonchev–Trinajstić information content (AvgIpc) is 3.74. The zero-order valence-corrected chi connectivity index (χ0v) is 30.7. The molecule has 3 amide bonds. The highest BCUT2D eigenvalue weighted by Crippen LogP contribution is 2.35. The van der Waals surface area contributed by atoms with Crippen molar-refractivity contribution in [3.63, 3.8) is 0 Å². The van der Waals surface area contributed by atoms with Crippen LogP contribution in [0.15, 0.2) is 152 Å². The lowest BCUT2D eigenvalue weighted by Gasteiger charge is -2.16. The van der Waals surface area contributed by atoms with Crippen molar-refractivity contribution in [3.8, 4) is 5.75 Å². The summed E-state index contributed by atoms with van der Waals surface area (Å²) >= 11 is 5.93. The van der Waals surface area contributed by atoms with Crippen molar-refractivity contribution in [1.29, 1.82) is 0 Å². The Morgan fingerprint density at radius 1 is 0.464 bits per heavy atom. The predicted molar refractivity (Wildman–Crippen MR) is 213 cm³/mol. The minimum absolute atomic E-state index is 0.349. The summed E-state index contributed by atoms with van der Waals surface area (Å²) in [4.78, 5) is 76.0. The number of ketones is 3. The van der Waals surface area contributed by atoms with Crippen molar-refractivity contribution in [1.82, 2.24) is 0 Å². The molecule has 56 heavy (non-hydrogen) atoms. The number of hydrogen-bond donors (Lipinski definition) is 0. The predicted octanol–water partition coefficient (Wildman–Crippen LogP) is 8.04. The molecule has 0 radical (unpaired) electrons. The number of halogens is 1. The van der Waals surface area contributed by atoms with Crippen molar-refractivity contribution >= 4 is 69.4 Å². The molecule has 0 saturated heterocycles. The van der Waals surface area contributed by atoms with Gasteiger partial charge < -0.3 is 14.5 Å². The second-order valence-corrected chi connectivity index (χ2v) is 13.2. The zero-order valence-electron chi connectivity index (χ0n) is 29.9. The number of hydrogen-bond acceptors (Lipinski definition) is 7. The van der Waals surface area contributed by atoms with Crippen LogP contribution in [0.3, 0.4) is 0 Å². The highest BCUT2D eigenvalue weighted by atomic mass is 35.5. The van der Waals surface area contributed by atoms with E-state index in [1.165, 1.54) is 14.7 Å². The van der Waals surface area contributed by atoms with E-state index in [0.29, 0.717) is 51.9 Å². The highest BCUT2D eigenvalue weighted by molar-refractivity contribution is 6.54. The Morgan fingerprint density at radius 3 is 1.46 bits per heavy atom. The van der Waals surface area contributed by atoms with Crippen LogP contribution in [0.5, 0.6) is 5.75 Å². The summed E-state index contributed by atoms with van der Waals surface area (Å²) in [6, 6.07) is 45.0. The van der Waals surface area contributed by atoms with Crippen molar-refractivity contribution in [3.05, 3.63) is 184 Å². The SMILES string of the molecule is COc1ccc(CN2C(=O)C(=O)c3ccccc32)cc1.O=C1C(=O)N(Cc2cccc(Cl)c2)c2ccccc21.O=C1C(=O)N(c2ccccc2)c2ccccc21. The Kier molecular flexibility index (Phi) is 10.7. The first-order valence-electron chi connectivity index (χ1n) is 17.5. The maximum atomic E-state index is 12.0. The molecule has 0 saturated carbocycles. The van der Waals surface area contributed by atoms with Crippen LogP contribution in [-0.2, 0) is 27.5 Å². The number of nitrogens with zero attached hydrogens (tertiary/aromatic N) is 3. The van der Waals surface area contributed by atoms with Gasteiger partial charge in [-0.2, -0.15) is 0 Å². The number of para-hydroxylation sites is 4. The van der Waals surface area contributed by atoms with Crippen LogP contribution in [0.2, 0.25) is 5.02 Å². The molecular formula is C45H32ClN3O7. The van der Waals surface area contributed by atoms with Gasteiger partial charge in [0.15, 0.2) is 0 Å². The molecule has 3 heterocycles. The molecule has 11 heteroatoms. The molecule has 0 spiro atoms. The molecule has 0 bridgehead atoms. The first kappa shape index (κ1) is 37.2. The number of rotatable bonds is 6. The first-order valence-corrected chi connectivity index (χ1v) is 17.8. The summed E-state index contributed by atoms with van der Waals surface area (Å²) in [7, 11) is 1.61. The minimum Gasteiger partial charge on any atom is -0.497 e. The van der Waals surface area contributed by atoms with E-state index in [-0.39, 0.29) is 0 Å². The van der Waals surface area contributed by atoms with E-state index in [1.54, 1.807) is 73.8 Å². The maximum Gasteiger partial charge on any atom is 0.304 e. The Balaban J connectivity index is 0.000000129. The van der Waals surface area contributed by atoms with E-state index in [9.17, 15) is 28.8 Å². The van der Waals surface area contributed by atoms with Crippen LogP contribution in [0.4, 0.5) is 22.7 Å². The minimum atomic E-state index is -0.489. The van der Waals surface area contributed by atoms with Gasteiger partial charge in [-0.05, 0) is 83.9 Å². The number of fused-ring (bicyclic) bond motifs is 3. The number of anilines is 4. The lowest BCUT2D eigenvalue weighted by Crippen LogP contribution is -2.29. The van der Waals surface area contributed by atoms with Crippen LogP contribution >= 0.6 is 11.6 Å². The molecule has 0 aliphatic carbocycles. The summed E-state index contributed by atoms with van der Waals surface area (Å²) in [6.45, 7) is 0.730. The van der Waals surface area contributed by atoms with E-state index in [2.05, 4.69) is 0 Å². The largest absolute Gasteiger partial charge is 0.497 e. The van der Waals surface area contributed by atoms with E-state index < -0.39 is 35.1 Å². The van der Waals surface area contributed by atoms with Crippen molar-refractivity contribution in [2.24, 2.45) is 0 Å². The second-order valence-electron chi connectivity index (χ2n) is 12.8. The molecular weight excluding hydrogens is 730 g/mol. The number of carbonyl (C=O) groups excluding carboxylic acids is 6. The van der Waals surface area contributed by atoms with Gasteiger partial charge in [0.2, 0.25) is 0 Å². The molecule has 6 aromatic rings. The topological polar surface area (TPSA) is 121 Å². The number of ether oxygens (including phenoxy) is 1. The molecule has 0 unspecified atom stereocenters. The van der Waals surface area contributed by atoms with Crippen LogP contribution in [0, 0.1) is 0 Å². The van der Waals surface area contributed by atoms with Gasteiger partial charge in [-0.15, -0.1) is 0 Å². The van der Waals surface area contributed by atoms with Gasteiger partial charge in [-0.1, -0.05) is 90.5 Å². The quantitative estimate of drug-likeness (QED) is 0.158. The molecule has 0 N–H and O–H groups in total. The number of carbonyl (C=O) groups is 6. The lowest BCUT2D eigenvalue weighted by atomic mass is 10.1. The summed E-state index contributed by atoms with van der Waals surface area (Å²) in [5.41, 5.74) is 5.98. The van der Waals surface area contributed by atoms with Gasteiger partial charge in [0.1, 0.15) is 5.75 Å². The van der Waals surface area contributed by atoms with Gasteiger partial charge in [-0.3, -0.25) is 33.7 Å². The molecule has 276 valence electrons. The smallest absolute Gasteiger partial charge is 0.304 e. The fourth-order valence-electron chi connectivity index (χ4n) is 6.56. The molecule has 3 aliphatic heterocycles. The van der Waals surface area contributed by atoms with Crippen molar-refractivity contribution in [2.75, 3.05) is 21.8 Å². The average molecular weight is 762 g/mol. The monoisotopic (exact) mass is 761 g/mol. The maximum absolute atomic E-state index is 12.0. The van der Waals surface area contributed by atoms with E-state index >= 15 is 0 Å². The third-order valence-corrected chi connectivity index (χ3v) is 9.52. The third-order valence-electron chi connectivity index (χ3n) is 9.29. The number of Topliss-reactive ketones (excluding diaryl/α,β-unsaturated/α-hetero) is 3. The number of benzene rings is 6. The van der Waals surface area contributed by atoms with Gasteiger partial charge in [-0.25, -0.2) is 0 Å². The molecule has 0 atom stereocenters. The van der Waals surface area contributed by atoms with E-state index in [4.69, 9.17) is 16.3 Å². The van der Waals surface area contributed by atoms with Gasteiger partial charge in [0.25, 0.3) is 29.2 Å². The number of amides is 3. The summed E-state index contributed by atoms with van der Waals surface area (Å²) in [5.74, 6) is -2.00. The molecule has 0 fully saturated rings. The fourth-order valence-corrected chi connectivity index (χ4v) is 6.77. The number of methoxy groups -OCH3 is 1. The highest BCUT2D eigenvalue weighted by Gasteiger charge is 2.37. The van der Waals surface area contributed by atoms with E-state index in [0.717, 1.165) is 22.6 Å². The van der Waals surface area contributed by atoms with Crippen LogP contribution in [0.25, 0.3) is 0 Å². The molecule has 3 aliphatic rings. The molecule has 6 aromatic carbocycles. The normalized spacial score (nSPS) is 13.8. The fraction of sp³-hybridized carbons (Fsp3) is 0.0667. The molecule has 9 rings (SSSR count). The zero-order chi connectivity index (χ0) is 39.3. The first-order chi connectivity index (χ1) is 27.2. The molecule has 0 aromatic heterocycles. The van der Waals surface area contributed by atoms with Crippen molar-refractivity contribution in [2.45, 2.75) is 13.1 Å². The molecule has 10 nitrogen and oxygen atoms in total. The Bertz CT molecular complexity index is 2520. The lowest BCUT2D eigenvalue weighted by molar-refractivity contribution is -0.115. The third kappa shape index (κ3) is 7.33. The summed E-state index contributed by atoms with van der Waals surface area (Å²) in [6.07, 6.45) is 0.